The van der Waals surface area contributed by atoms with Crippen molar-refractivity contribution in [3.05, 3.63) is 0 Å². The second-order valence-electron chi connectivity index (χ2n) is 0.448. The average molecular weight is 231 g/mol. The van der Waals surface area contributed by atoms with Crippen molar-refractivity contribution in [3.8, 4) is 0 Å². The van der Waals surface area contributed by atoms with Gasteiger partial charge in [-0.2, -0.15) is 8.42 Å². The molecule has 0 unspecified atom stereocenters. The van der Waals surface area contributed by atoms with Crippen LogP contribution >= 0.6 is 0 Å². The molecule has 0 saturated heterocycles. The van der Waals surface area contributed by atoms with Gasteiger partial charge in [0.2, 0.25) is 0 Å². The summed E-state index contributed by atoms with van der Waals surface area (Å²) in [5.74, 6) is 0. The van der Waals surface area contributed by atoms with E-state index in [-0.39, 0.29) is 107 Å². The van der Waals surface area contributed by atoms with Crippen LogP contribution in [0, 0.1) is 0 Å². The van der Waals surface area contributed by atoms with E-state index in [0.29, 0.717) is 0 Å². The van der Waals surface area contributed by atoms with E-state index in [4.69, 9.17) is 17.5 Å². The molecule has 0 saturated carbocycles. The normalized spacial score (nSPS) is 5.80. The first kappa shape index (κ1) is 38.7. The first-order chi connectivity index (χ1) is 2.00. The van der Waals surface area contributed by atoms with Gasteiger partial charge in [0.05, 0.1) is 0 Å². The Hall–Kier alpha value is 2.73. The summed E-state index contributed by atoms with van der Waals surface area (Å²) < 4.78 is 31.6. The third-order valence-corrected chi connectivity index (χ3v) is 0. The molecule has 0 aromatic heterocycles. The van der Waals surface area contributed by atoms with Crippen LogP contribution in [0.2, 0.25) is 0 Å². The molecule has 0 fully saturated rings. The maximum Gasteiger partial charge on any atom is 2.00 e. The van der Waals surface area contributed by atoms with Gasteiger partial charge in [0, 0.05) is 0 Å². The summed E-state index contributed by atoms with van der Waals surface area (Å²) in [6.45, 7) is 0. The molecule has 10 heteroatoms. The molecule has 0 aliphatic carbocycles. The Balaban J connectivity index is -0.00000000286. The summed E-state index contributed by atoms with van der Waals surface area (Å²) in [6.07, 6.45) is 0. The molecule has 60 valence electrons. The van der Waals surface area contributed by atoms with Crippen molar-refractivity contribution < 1.29 is 84.1 Å². The first-order valence-electron chi connectivity index (χ1n) is 0.698. The maximum atomic E-state index is 8.74. The summed E-state index contributed by atoms with van der Waals surface area (Å²) in [4.78, 5) is 0. The summed E-state index contributed by atoms with van der Waals surface area (Å²) in [6, 6.07) is 0. The van der Waals surface area contributed by atoms with E-state index in [1.807, 2.05) is 0 Å². The van der Waals surface area contributed by atoms with Crippen molar-refractivity contribution in [1.82, 2.24) is 0 Å². The minimum Gasteiger partial charge on any atom is -1.00 e. The van der Waals surface area contributed by atoms with E-state index in [1.54, 1.807) is 0 Å². The zero-order valence-corrected chi connectivity index (χ0v) is 10.2. The minimum atomic E-state index is -4.67. The third-order valence-electron chi connectivity index (χ3n) is 0. The molecule has 0 heterocycles. The smallest absolute Gasteiger partial charge is 1.00 e. The molecule has 0 bridgehead atoms. The number of hydrogen-bond acceptors (Lipinski definition) is 2. The van der Waals surface area contributed by atoms with Crippen molar-refractivity contribution in [2.45, 2.75) is 0 Å². The molecule has 10 heavy (non-hydrogen) atoms. The van der Waals surface area contributed by atoms with Gasteiger partial charge in [-0.1, -0.05) is 0 Å². The van der Waals surface area contributed by atoms with Gasteiger partial charge >= 0.3 is 84.8 Å². The molecule has 0 radical (unpaired) electrons. The minimum absolute atomic E-state index is 0. The number of hydrogen-bond donors (Lipinski definition) is 2. The zero-order chi connectivity index (χ0) is 4.50. The fraction of sp³-hybridized carbons (Fsp3) is 0. The van der Waals surface area contributed by atoms with Gasteiger partial charge in [-0.05, 0) is 0 Å². The zero-order valence-electron chi connectivity index (χ0n) is 7.83. The van der Waals surface area contributed by atoms with Crippen LogP contribution in [0.25, 0.3) is 0 Å². The van der Waals surface area contributed by atoms with Gasteiger partial charge in [0.25, 0.3) is 0 Å². The molecule has 6 N–H and O–H groups in total. The molecule has 0 rings (SSSR count). The predicted molar refractivity (Wildman–Crippen MR) is 40.4 cm³/mol. The summed E-state index contributed by atoms with van der Waals surface area (Å²) in [5, 5.41) is 0. The van der Waals surface area contributed by atoms with Crippen LogP contribution in [0.1, 0.15) is 4.28 Å². The van der Waals surface area contributed by atoms with Crippen LogP contribution in [0.15, 0.2) is 0 Å². The fourth-order valence-corrected chi connectivity index (χ4v) is 0. The summed E-state index contributed by atoms with van der Waals surface area (Å²) in [5.41, 5.74) is 0. The molecule has 0 aliphatic rings. The summed E-state index contributed by atoms with van der Waals surface area (Å²) >= 11 is 0. The Morgan fingerprint density at radius 2 is 1.10 bits per heavy atom. The Bertz CT molecular complexity index is 111. The molecule has 6 nitrogen and oxygen atoms in total. The standard InChI is InChI=1S/Al.K.Mg.H2O4S.2H2O.6H/c;;;1-5(2,3)4;;;;;;;;/h;;;(H2,1,2,3,4);2*1H2;;;;;;/q;+1;+2;;;;;;;3*-1. The second-order valence-corrected chi connectivity index (χ2v) is 1.34. The van der Waals surface area contributed by atoms with Gasteiger partial charge < -0.3 is 15.2 Å². The van der Waals surface area contributed by atoms with E-state index < -0.39 is 10.4 Å². The second kappa shape index (κ2) is 17.7. The monoisotopic (exact) mass is 230 g/mol. The van der Waals surface area contributed by atoms with Gasteiger partial charge in [0.15, 0.2) is 17.4 Å². The quantitative estimate of drug-likeness (QED) is 0.316. The third kappa shape index (κ3) is 137. The van der Waals surface area contributed by atoms with Gasteiger partial charge in [-0.25, -0.2) is 0 Å². The van der Waals surface area contributed by atoms with Crippen LogP contribution in [-0.2, 0) is 10.4 Å². The Morgan fingerprint density at radius 1 is 1.10 bits per heavy atom. The van der Waals surface area contributed by atoms with Crippen molar-refractivity contribution >= 4 is 50.8 Å². The molecule has 0 aliphatic heterocycles. The van der Waals surface area contributed by atoms with E-state index >= 15 is 0 Å². The Labute approximate surface area is 132 Å². The van der Waals surface area contributed by atoms with Gasteiger partial charge in [-0.15, -0.1) is 0 Å². The molecule has 0 spiro atoms. The van der Waals surface area contributed by atoms with Crippen LogP contribution in [0.3, 0.4) is 0 Å². The maximum absolute atomic E-state index is 8.74. The van der Waals surface area contributed by atoms with Crippen LogP contribution < -0.4 is 51.4 Å². The molecular formula is H12AlKMgO6S. The Morgan fingerprint density at radius 3 is 1.10 bits per heavy atom. The molecular weight excluding hydrogens is 218 g/mol. The van der Waals surface area contributed by atoms with Gasteiger partial charge in [-0.3, -0.25) is 9.11 Å². The molecule has 0 aromatic carbocycles. The van der Waals surface area contributed by atoms with Crippen molar-refractivity contribution in [3.63, 3.8) is 0 Å². The van der Waals surface area contributed by atoms with E-state index in [1.165, 1.54) is 0 Å². The molecule has 0 aromatic rings. The molecule has 0 atom stereocenters. The predicted octanol–water partition coefficient (Wildman–Crippen LogP) is -6.53. The van der Waals surface area contributed by atoms with Crippen LogP contribution in [0.4, 0.5) is 0 Å². The van der Waals surface area contributed by atoms with E-state index in [0.717, 1.165) is 0 Å². The topological polar surface area (TPSA) is 138 Å². The molecule has 0 amide bonds. The Kier molecular flexibility index (Phi) is 68.5. The van der Waals surface area contributed by atoms with Crippen LogP contribution in [0.5, 0.6) is 0 Å². The SMILES string of the molecule is O.O.O=S(=O)(O)O.[AlH3].[H-].[H-].[H-].[K+].[Mg+2]. The largest absolute Gasteiger partial charge is 2.00 e. The fourth-order valence-electron chi connectivity index (χ4n) is 0. The summed E-state index contributed by atoms with van der Waals surface area (Å²) in [7, 11) is -4.67. The average Bonchev–Trinajstić information content (AvgIpc) is 0.722. The van der Waals surface area contributed by atoms with Gasteiger partial charge in [0.1, 0.15) is 0 Å². The van der Waals surface area contributed by atoms with Crippen molar-refractivity contribution in [2.75, 3.05) is 0 Å². The van der Waals surface area contributed by atoms with Crippen molar-refractivity contribution in [2.24, 2.45) is 0 Å². The van der Waals surface area contributed by atoms with E-state index in [9.17, 15) is 0 Å². The van der Waals surface area contributed by atoms with Crippen molar-refractivity contribution in [1.29, 1.82) is 0 Å². The van der Waals surface area contributed by atoms with Crippen LogP contribution in [-0.4, -0.2) is 68.9 Å². The first-order valence-corrected chi connectivity index (χ1v) is 2.10. The number of rotatable bonds is 0. The van der Waals surface area contributed by atoms with E-state index in [2.05, 4.69) is 0 Å².